The highest BCUT2D eigenvalue weighted by Crippen LogP contribution is 2.47. The molecule has 1 unspecified atom stereocenters. The Balaban J connectivity index is 2.69. The van der Waals surface area contributed by atoms with E-state index in [-0.39, 0.29) is 13.2 Å². The number of aliphatic hydroxyl groups excluding tert-OH is 5. The molecule has 0 spiro atoms. The van der Waals surface area contributed by atoms with Gasteiger partial charge >= 0.3 is 7.82 Å². The molecule has 8 atom stereocenters. The van der Waals surface area contributed by atoms with Gasteiger partial charge < -0.3 is 39.9 Å². The molecule has 0 heterocycles. The van der Waals surface area contributed by atoms with E-state index >= 15 is 0 Å². The van der Waals surface area contributed by atoms with Gasteiger partial charge in [-0.15, -0.1) is 0 Å². The molecule has 12 heteroatoms. The molecule has 138 valence electrons. The second kappa shape index (κ2) is 8.79. The summed E-state index contributed by atoms with van der Waals surface area (Å²) in [5.41, 5.74) is 0. The lowest BCUT2D eigenvalue weighted by Gasteiger charge is -2.41. The van der Waals surface area contributed by atoms with Crippen LogP contribution in [0.25, 0.3) is 0 Å². The normalized spacial score (nSPS) is 39.0. The lowest BCUT2D eigenvalue weighted by molar-refractivity contribution is -0.220. The van der Waals surface area contributed by atoms with E-state index in [0.29, 0.717) is 0 Å². The van der Waals surface area contributed by atoms with Gasteiger partial charge in [-0.25, -0.2) is 4.57 Å². The van der Waals surface area contributed by atoms with Crippen LogP contribution in [-0.2, 0) is 23.1 Å². The smallest absolute Gasteiger partial charge is 0.387 e. The van der Waals surface area contributed by atoms with Crippen LogP contribution in [0, 0.1) is 0 Å². The number of phosphoric ester groups is 1. The predicted octanol–water partition coefficient (Wildman–Crippen LogP) is -3.03. The van der Waals surface area contributed by atoms with Crippen LogP contribution in [0.4, 0.5) is 0 Å². The summed E-state index contributed by atoms with van der Waals surface area (Å²) in [6, 6.07) is 0. The quantitative estimate of drug-likeness (QED) is 0.242. The van der Waals surface area contributed by atoms with Crippen molar-refractivity contribution in [3.63, 3.8) is 0 Å². The van der Waals surface area contributed by atoms with Crippen LogP contribution in [0.3, 0.4) is 0 Å². The van der Waals surface area contributed by atoms with E-state index < -0.39 is 50.6 Å². The third-order valence-electron chi connectivity index (χ3n) is 3.44. The molecule has 0 radical (unpaired) electrons. The van der Waals surface area contributed by atoms with Crippen molar-refractivity contribution in [1.82, 2.24) is 0 Å². The molecular formula is C11H23O11P. The van der Waals surface area contributed by atoms with Crippen molar-refractivity contribution >= 4 is 7.82 Å². The molecule has 6 N–H and O–H groups in total. The van der Waals surface area contributed by atoms with E-state index in [0.717, 1.165) is 0 Å². The highest BCUT2D eigenvalue weighted by Gasteiger charge is 2.51. The third kappa shape index (κ3) is 5.41. The molecule has 0 aromatic rings. The number of ether oxygens (including phenoxy) is 2. The summed E-state index contributed by atoms with van der Waals surface area (Å²) >= 11 is 0. The van der Waals surface area contributed by atoms with Gasteiger partial charge in [-0.3, -0.25) is 9.05 Å². The van der Waals surface area contributed by atoms with Crippen molar-refractivity contribution in [1.29, 1.82) is 0 Å². The Morgan fingerprint density at radius 1 is 0.913 bits per heavy atom. The molecule has 1 saturated carbocycles. The van der Waals surface area contributed by atoms with Crippen LogP contribution in [0.5, 0.6) is 0 Å². The molecule has 0 bridgehead atoms. The van der Waals surface area contributed by atoms with Gasteiger partial charge in [-0.1, -0.05) is 0 Å². The number of methoxy groups -OCH3 is 2. The van der Waals surface area contributed by atoms with Gasteiger partial charge in [0.15, 0.2) is 0 Å². The van der Waals surface area contributed by atoms with Crippen molar-refractivity contribution < 1.29 is 53.5 Å². The fourth-order valence-corrected chi connectivity index (χ4v) is 3.03. The van der Waals surface area contributed by atoms with Crippen LogP contribution < -0.4 is 0 Å². The van der Waals surface area contributed by atoms with Gasteiger partial charge in [-0.05, 0) is 0 Å². The summed E-state index contributed by atoms with van der Waals surface area (Å²) in [7, 11) is -2.03. The molecular weight excluding hydrogens is 339 g/mol. The number of aliphatic hydroxyl groups is 5. The zero-order chi connectivity index (χ0) is 17.8. The highest BCUT2D eigenvalue weighted by molar-refractivity contribution is 7.47. The summed E-state index contributed by atoms with van der Waals surface area (Å²) in [5, 5.41) is 47.9. The molecule has 1 aliphatic rings. The molecule has 0 aromatic carbocycles. The number of hydrogen-bond acceptors (Lipinski definition) is 10. The van der Waals surface area contributed by atoms with Gasteiger partial charge in [0.25, 0.3) is 0 Å². The standard InChI is InChI=1S/C11H23O11P/c1-19-3-5(20-2)4-21-23(17,18)22-11-9(15)7(13)6(12)8(14)10(11)16/h5-16H,3-4H2,1-2H3,(H,17,18)/t5-,6-,7-,8+,9-,10-,11-/m1/s1. The van der Waals surface area contributed by atoms with Crippen LogP contribution in [0.1, 0.15) is 0 Å². The Hall–Kier alpha value is -0.170. The van der Waals surface area contributed by atoms with E-state index in [9.17, 15) is 35.0 Å². The van der Waals surface area contributed by atoms with Crippen LogP contribution >= 0.6 is 7.82 Å². The van der Waals surface area contributed by atoms with Gasteiger partial charge in [0.2, 0.25) is 0 Å². The minimum absolute atomic E-state index is 0.0782. The minimum atomic E-state index is -4.76. The molecule has 0 aromatic heterocycles. The molecule has 1 fully saturated rings. The number of hydrogen-bond donors (Lipinski definition) is 6. The second-order valence-electron chi connectivity index (χ2n) is 5.10. The van der Waals surface area contributed by atoms with Crippen LogP contribution in [-0.4, -0.2) is 101 Å². The maximum atomic E-state index is 11.9. The van der Waals surface area contributed by atoms with Gasteiger partial charge in [-0.2, -0.15) is 0 Å². The van der Waals surface area contributed by atoms with E-state index in [1.165, 1.54) is 14.2 Å². The zero-order valence-electron chi connectivity index (χ0n) is 12.6. The molecule has 1 aliphatic carbocycles. The zero-order valence-corrected chi connectivity index (χ0v) is 13.5. The number of rotatable bonds is 8. The fraction of sp³-hybridized carbons (Fsp3) is 1.00. The Morgan fingerprint density at radius 2 is 1.39 bits per heavy atom. The summed E-state index contributed by atoms with van der Waals surface area (Å²) in [4.78, 5) is 9.62. The lowest BCUT2D eigenvalue weighted by atomic mass is 9.85. The van der Waals surface area contributed by atoms with Crippen molar-refractivity contribution in [2.75, 3.05) is 27.4 Å². The van der Waals surface area contributed by atoms with Crippen molar-refractivity contribution in [2.24, 2.45) is 0 Å². The third-order valence-corrected chi connectivity index (χ3v) is 4.42. The summed E-state index contributed by atoms with van der Waals surface area (Å²) in [5.74, 6) is 0. The summed E-state index contributed by atoms with van der Waals surface area (Å²) in [6.07, 6.45) is -11.9. The maximum Gasteiger partial charge on any atom is 0.472 e. The Bertz CT molecular complexity index is 391. The molecule has 23 heavy (non-hydrogen) atoms. The van der Waals surface area contributed by atoms with E-state index in [4.69, 9.17) is 9.47 Å². The largest absolute Gasteiger partial charge is 0.472 e. The first kappa shape index (κ1) is 20.9. The average molecular weight is 362 g/mol. The van der Waals surface area contributed by atoms with E-state index in [1.807, 2.05) is 0 Å². The molecule has 1 rings (SSSR count). The van der Waals surface area contributed by atoms with Crippen LogP contribution in [0.2, 0.25) is 0 Å². The molecule has 0 aliphatic heterocycles. The molecule has 11 nitrogen and oxygen atoms in total. The van der Waals surface area contributed by atoms with E-state index in [1.54, 1.807) is 0 Å². The summed E-state index contributed by atoms with van der Waals surface area (Å²) < 4.78 is 30.9. The van der Waals surface area contributed by atoms with E-state index in [2.05, 4.69) is 9.05 Å². The topological polar surface area (TPSA) is 175 Å². The molecule has 0 saturated heterocycles. The minimum Gasteiger partial charge on any atom is -0.387 e. The lowest BCUT2D eigenvalue weighted by Crippen LogP contribution is -2.64. The Morgan fingerprint density at radius 3 is 1.83 bits per heavy atom. The average Bonchev–Trinajstić information content (AvgIpc) is 2.51. The van der Waals surface area contributed by atoms with Crippen molar-refractivity contribution in [3.05, 3.63) is 0 Å². The summed E-state index contributed by atoms with van der Waals surface area (Å²) in [6.45, 7) is -0.306. The molecule has 0 amide bonds. The fourth-order valence-electron chi connectivity index (χ4n) is 2.05. The SMILES string of the molecule is COC[C@H](COP(=O)(O)O[C@@H]1[C@H](O)[C@H](O)[C@@H](O)[C@H](O)[C@H]1O)OC. The van der Waals surface area contributed by atoms with Gasteiger partial charge in [0, 0.05) is 14.2 Å². The first-order chi connectivity index (χ1) is 10.6. The predicted molar refractivity (Wildman–Crippen MR) is 73.4 cm³/mol. The first-order valence-electron chi connectivity index (χ1n) is 6.72. The van der Waals surface area contributed by atoms with Gasteiger partial charge in [0.05, 0.1) is 13.2 Å². The van der Waals surface area contributed by atoms with Crippen molar-refractivity contribution in [2.45, 2.75) is 42.7 Å². The Labute approximate surface area is 132 Å². The monoisotopic (exact) mass is 362 g/mol. The van der Waals surface area contributed by atoms with Crippen molar-refractivity contribution in [3.8, 4) is 0 Å². The number of phosphoric acid groups is 1. The second-order valence-corrected chi connectivity index (χ2v) is 6.51. The highest BCUT2D eigenvalue weighted by atomic mass is 31.2. The maximum absolute atomic E-state index is 11.9. The van der Waals surface area contributed by atoms with Crippen LogP contribution in [0.15, 0.2) is 0 Å². The Kier molecular flexibility index (Phi) is 7.98. The van der Waals surface area contributed by atoms with Gasteiger partial charge in [0.1, 0.15) is 42.7 Å². The first-order valence-corrected chi connectivity index (χ1v) is 8.22.